The molecule has 0 aliphatic carbocycles. The van der Waals surface area contributed by atoms with Gasteiger partial charge in [-0.05, 0) is 39.2 Å². The molecule has 2 atom stereocenters. The van der Waals surface area contributed by atoms with Gasteiger partial charge in [0, 0.05) is 13.1 Å². The molecule has 1 fully saturated rings. The van der Waals surface area contributed by atoms with Crippen molar-refractivity contribution in [1.82, 2.24) is 10.2 Å². The number of nitrogens with one attached hydrogen (secondary N) is 1. The average molecular weight is 348 g/mol. The van der Waals surface area contributed by atoms with Crippen LogP contribution in [0.3, 0.4) is 0 Å². The average Bonchev–Trinajstić information content (AvgIpc) is 2.79. The van der Waals surface area contributed by atoms with Crippen molar-refractivity contribution in [3.05, 3.63) is 35.9 Å². The number of carbonyl (C=O) groups excluding carboxylic acids is 2. The lowest BCUT2D eigenvalue weighted by Gasteiger charge is -2.31. The highest BCUT2D eigenvalue weighted by atomic mass is 16.6. The van der Waals surface area contributed by atoms with Crippen LogP contribution in [-0.2, 0) is 16.1 Å². The first-order valence-electron chi connectivity index (χ1n) is 8.56. The molecule has 0 bridgehead atoms. The second-order valence-corrected chi connectivity index (χ2v) is 7.87. The standard InChI is InChI=1S/C19H28N2O4/c1-14-11-21(17(23)24-12-15-9-7-6-8-10-15)13-19(14,5)20-16(22)25-18(2,3)4/h6-10,14H,11-13H2,1-5H3,(H,20,22)/t14-,19+/m0/s1. The highest BCUT2D eigenvalue weighted by molar-refractivity contribution is 5.71. The maximum atomic E-state index is 12.3. The molecule has 25 heavy (non-hydrogen) atoms. The molecule has 2 amide bonds. The fourth-order valence-corrected chi connectivity index (χ4v) is 2.80. The molecule has 1 N–H and O–H groups in total. The molecule has 6 nitrogen and oxygen atoms in total. The van der Waals surface area contributed by atoms with Crippen LogP contribution < -0.4 is 5.32 Å². The summed E-state index contributed by atoms with van der Waals surface area (Å²) in [6.07, 6.45) is -0.841. The van der Waals surface area contributed by atoms with Crippen molar-refractivity contribution in [3.63, 3.8) is 0 Å². The summed E-state index contributed by atoms with van der Waals surface area (Å²) in [6, 6.07) is 9.55. The minimum atomic E-state index is -0.559. The van der Waals surface area contributed by atoms with Crippen molar-refractivity contribution in [2.75, 3.05) is 13.1 Å². The second kappa shape index (κ2) is 7.33. The van der Waals surface area contributed by atoms with Gasteiger partial charge in [-0.1, -0.05) is 37.3 Å². The lowest BCUT2D eigenvalue weighted by molar-refractivity contribution is 0.0445. The fourth-order valence-electron chi connectivity index (χ4n) is 2.80. The molecule has 138 valence electrons. The molecule has 1 aromatic carbocycles. The minimum absolute atomic E-state index is 0.0873. The zero-order chi connectivity index (χ0) is 18.7. The number of benzene rings is 1. The van der Waals surface area contributed by atoms with Gasteiger partial charge in [-0.25, -0.2) is 9.59 Å². The Hall–Kier alpha value is -2.24. The number of hydrogen-bond donors (Lipinski definition) is 1. The van der Waals surface area contributed by atoms with E-state index in [4.69, 9.17) is 9.47 Å². The van der Waals surface area contributed by atoms with E-state index in [2.05, 4.69) is 5.32 Å². The Balaban J connectivity index is 1.90. The molecule has 2 rings (SSSR count). The molecule has 0 spiro atoms. The Labute approximate surface area is 149 Å². The van der Waals surface area contributed by atoms with Crippen LogP contribution in [0.5, 0.6) is 0 Å². The van der Waals surface area contributed by atoms with Gasteiger partial charge in [-0.15, -0.1) is 0 Å². The monoisotopic (exact) mass is 348 g/mol. The van der Waals surface area contributed by atoms with Crippen LogP contribution in [0.4, 0.5) is 9.59 Å². The molecular formula is C19H28N2O4. The van der Waals surface area contributed by atoms with Gasteiger partial charge in [0.2, 0.25) is 0 Å². The summed E-state index contributed by atoms with van der Waals surface area (Å²) >= 11 is 0. The van der Waals surface area contributed by atoms with Crippen molar-refractivity contribution in [1.29, 1.82) is 0 Å². The van der Waals surface area contributed by atoms with Gasteiger partial charge in [-0.2, -0.15) is 0 Å². The zero-order valence-corrected chi connectivity index (χ0v) is 15.7. The van der Waals surface area contributed by atoms with Crippen molar-refractivity contribution in [2.24, 2.45) is 5.92 Å². The molecule has 0 aromatic heterocycles. The van der Waals surface area contributed by atoms with E-state index in [9.17, 15) is 9.59 Å². The summed E-state index contributed by atoms with van der Waals surface area (Å²) in [4.78, 5) is 26.0. The van der Waals surface area contributed by atoms with E-state index in [1.165, 1.54) is 0 Å². The third-order valence-electron chi connectivity index (χ3n) is 4.35. The second-order valence-electron chi connectivity index (χ2n) is 7.87. The van der Waals surface area contributed by atoms with Gasteiger partial charge in [0.25, 0.3) is 0 Å². The first kappa shape index (κ1) is 19.1. The lowest BCUT2D eigenvalue weighted by Crippen LogP contribution is -2.52. The van der Waals surface area contributed by atoms with Crippen LogP contribution in [0, 0.1) is 5.92 Å². The van der Waals surface area contributed by atoms with Crippen molar-refractivity contribution in [2.45, 2.75) is 52.4 Å². The maximum Gasteiger partial charge on any atom is 0.410 e. The topological polar surface area (TPSA) is 67.9 Å². The summed E-state index contributed by atoms with van der Waals surface area (Å²) in [5.41, 5.74) is -0.164. The predicted molar refractivity (Wildman–Crippen MR) is 95.1 cm³/mol. The summed E-state index contributed by atoms with van der Waals surface area (Å²) in [7, 11) is 0. The summed E-state index contributed by atoms with van der Waals surface area (Å²) in [5, 5.41) is 2.91. The molecule has 1 heterocycles. The third kappa shape index (κ3) is 5.37. The first-order chi connectivity index (χ1) is 11.6. The number of ether oxygens (including phenoxy) is 2. The van der Waals surface area contributed by atoms with Crippen LogP contribution in [-0.4, -0.2) is 41.3 Å². The predicted octanol–water partition coefficient (Wildman–Crippen LogP) is 3.56. The number of amides is 2. The van der Waals surface area contributed by atoms with Gasteiger partial charge in [0.1, 0.15) is 12.2 Å². The highest BCUT2D eigenvalue weighted by Crippen LogP contribution is 2.28. The molecule has 1 saturated heterocycles. The Morgan fingerprint density at radius 1 is 1.28 bits per heavy atom. The van der Waals surface area contributed by atoms with Crippen molar-refractivity contribution in [3.8, 4) is 0 Å². The SMILES string of the molecule is C[C@H]1CN(C(=O)OCc2ccccc2)C[C@@]1(C)NC(=O)OC(C)(C)C. The van der Waals surface area contributed by atoms with E-state index in [0.717, 1.165) is 5.56 Å². The Kier molecular flexibility index (Phi) is 5.60. The zero-order valence-electron chi connectivity index (χ0n) is 15.7. The number of carbonyl (C=O) groups is 2. The molecule has 1 aromatic rings. The minimum Gasteiger partial charge on any atom is -0.445 e. The Morgan fingerprint density at radius 2 is 1.92 bits per heavy atom. The van der Waals surface area contributed by atoms with Gasteiger partial charge in [0.15, 0.2) is 0 Å². The van der Waals surface area contributed by atoms with E-state index < -0.39 is 17.2 Å². The highest BCUT2D eigenvalue weighted by Gasteiger charge is 2.44. The maximum absolute atomic E-state index is 12.3. The smallest absolute Gasteiger partial charge is 0.410 e. The number of nitrogens with zero attached hydrogens (tertiary/aromatic N) is 1. The molecule has 0 unspecified atom stereocenters. The van der Waals surface area contributed by atoms with Crippen LogP contribution >= 0.6 is 0 Å². The fraction of sp³-hybridized carbons (Fsp3) is 0.579. The number of hydrogen-bond acceptors (Lipinski definition) is 4. The van der Waals surface area contributed by atoms with E-state index >= 15 is 0 Å². The molecule has 0 radical (unpaired) electrons. The van der Waals surface area contributed by atoms with Crippen LogP contribution in [0.1, 0.15) is 40.2 Å². The van der Waals surface area contributed by atoms with E-state index in [1.54, 1.807) is 4.90 Å². The van der Waals surface area contributed by atoms with Gasteiger partial charge >= 0.3 is 12.2 Å². The number of rotatable bonds is 3. The molecule has 1 aliphatic heterocycles. The van der Waals surface area contributed by atoms with Gasteiger partial charge in [0.05, 0.1) is 5.54 Å². The Bertz CT molecular complexity index is 612. The summed E-state index contributed by atoms with van der Waals surface area (Å²) < 4.78 is 10.7. The molecule has 1 aliphatic rings. The van der Waals surface area contributed by atoms with Crippen molar-refractivity contribution < 1.29 is 19.1 Å². The lowest BCUT2D eigenvalue weighted by atomic mass is 9.91. The summed E-state index contributed by atoms with van der Waals surface area (Å²) in [6.45, 7) is 10.5. The largest absolute Gasteiger partial charge is 0.445 e. The van der Waals surface area contributed by atoms with Crippen LogP contribution in [0.15, 0.2) is 30.3 Å². The first-order valence-corrected chi connectivity index (χ1v) is 8.56. The molecular weight excluding hydrogens is 320 g/mol. The van der Waals surface area contributed by atoms with Crippen LogP contribution in [0.2, 0.25) is 0 Å². The quantitative estimate of drug-likeness (QED) is 0.907. The Morgan fingerprint density at radius 3 is 2.52 bits per heavy atom. The van der Waals surface area contributed by atoms with Gasteiger partial charge in [-0.3, -0.25) is 0 Å². The van der Waals surface area contributed by atoms with Gasteiger partial charge < -0.3 is 19.7 Å². The molecule has 6 heteroatoms. The van der Waals surface area contributed by atoms with Crippen molar-refractivity contribution >= 4 is 12.2 Å². The number of alkyl carbamates (subject to hydrolysis) is 1. The van der Waals surface area contributed by atoms with E-state index in [1.807, 2.05) is 65.0 Å². The molecule has 0 saturated carbocycles. The van der Waals surface area contributed by atoms with E-state index in [-0.39, 0.29) is 18.6 Å². The van der Waals surface area contributed by atoms with Crippen LogP contribution in [0.25, 0.3) is 0 Å². The number of likely N-dealkylation sites (tertiary alicyclic amines) is 1. The summed E-state index contributed by atoms with van der Waals surface area (Å²) in [5.74, 6) is 0.0873. The third-order valence-corrected chi connectivity index (χ3v) is 4.35. The van der Waals surface area contributed by atoms with E-state index in [0.29, 0.717) is 13.1 Å². The normalized spacial score (nSPS) is 23.2.